The number of hydrogen-bond donors (Lipinski definition) is 0. The molecule has 0 aliphatic heterocycles. The zero-order valence-electron chi connectivity index (χ0n) is 42.4. The van der Waals surface area contributed by atoms with E-state index in [0.717, 1.165) is 64.2 Å². The summed E-state index contributed by atoms with van der Waals surface area (Å²) in [6.07, 6.45) is 60.2. The number of unbranched alkanes of at least 4 members (excludes halogenated alkanes) is 37. The van der Waals surface area contributed by atoms with Gasteiger partial charge in [0, 0.05) is 19.3 Å². The van der Waals surface area contributed by atoms with Crippen molar-refractivity contribution >= 4 is 17.9 Å². The Labute approximate surface area is 392 Å². The lowest BCUT2D eigenvalue weighted by atomic mass is 10.0. The molecule has 0 amide bonds. The number of esters is 3. The SMILES string of the molecule is CCCCC/C=C\C=C/CCCCCCCCC(=O)OC(COC(=O)CCCCCCCCCCCCCCC)COC(=O)CCCCCCCCCCCCCCCCCCC. The van der Waals surface area contributed by atoms with Crippen LogP contribution in [0, 0.1) is 0 Å². The van der Waals surface area contributed by atoms with E-state index in [1.165, 1.54) is 199 Å². The van der Waals surface area contributed by atoms with Gasteiger partial charge in [-0.25, -0.2) is 0 Å². The Morgan fingerprint density at radius 3 is 0.873 bits per heavy atom. The molecule has 0 N–H and O–H groups in total. The number of ether oxygens (including phenoxy) is 3. The third-order valence-electron chi connectivity index (χ3n) is 12.5. The largest absolute Gasteiger partial charge is 0.462 e. The smallest absolute Gasteiger partial charge is 0.306 e. The van der Waals surface area contributed by atoms with E-state index in [1.807, 2.05) is 0 Å². The van der Waals surface area contributed by atoms with E-state index < -0.39 is 6.10 Å². The molecule has 0 fully saturated rings. The lowest BCUT2D eigenvalue weighted by Gasteiger charge is -2.18. The fourth-order valence-corrected chi connectivity index (χ4v) is 8.26. The Morgan fingerprint density at radius 1 is 0.317 bits per heavy atom. The Hall–Kier alpha value is -2.11. The van der Waals surface area contributed by atoms with Crippen LogP contribution in [0.2, 0.25) is 0 Å². The fourth-order valence-electron chi connectivity index (χ4n) is 8.26. The lowest BCUT2D eigenvalue weighted by molar-refractivity contribution is -0.167. The molecule has 6 nitrogen and oxygen atoms in total. The van der Waals surface area contributed by atoms with Crippen molar-refractivity contribution in [3.8, 4) is 0 Å². The van der Waals surface area contributed by atoms with Crippen LogP contribution in [0.25, 0.3) is 0 Å². The first-order valence-electron chi connectivity index (χ1n) is 27.9. The maximum Gasteiger partial charge on any atom is 0.306 e. The molecule has 0 rings (SSSR count). The van der Waals surface area contributed by atoms with Crippen LogP contribution in [0.5, 0.6) is 0 Å². The first-order chi connectivity index (χ1) is 31.0. The predicted molar refractivity (Wildman–Crippen MR) is 270 cm³/mol. The van der Waals surface area contributed by atoms with Crippen LogP contribution in [-0.4, -0.2) is 37.2 Å². The van der Waals surface area contributed by atoms with Crippen molar-refractivity contribution < 1.29 is 28.6 Å². The molecule has 0 heterocycles. The molecular weight excluding hydrogens is 781 g/mol. The van der Waals surface area contributed by atoms with Gasteiger partial charge in [0.25, 0.3) is 0 Å². The van der Waals surface area contributed by atoms with Crippen molar-refractivity contribution in [1.82, 2.24) is 0 Å². The fraction of sp³-hybridized carbons (Fsp3) is 0.877. The predicted octanol–water partition coefficient (Wildman–Crippen LogP) is 18.3. The van der Waals surface area contributed by atoms with Gasteiger partial charge in [-0.05, 0) is 44.9 Å². The Kier molecular flexibility index (Phi) is 50.8. The van der Waals surface area contributed by atoms with Gasteiger partial charge in [-0.3, -0.25) is 14.4 Å². The number of allylic oxidation sites excluding steroid dienone is 4. The highest BCUT2D eigenvalue weighted by Crippen LogP contribution is 2.17. The molecule has 0 aromatic rings. The van der Waals surface area contributed by atoms with E-state index >= 15 is 0 Å². The monoisotopic (exact) mass is 887 g/mol. The van der Waals surface area contributed by atoms with Gasteiger partial charge in [0.1, 0.15) is 13.2 Å². The van der Waals surface area contributed by atoms with Gasteiger partial charge in [-0.2, -0.15) is 0 Å². The summed E-state index contributed by atoms with van der Waals surface area (Å²) in [5.74, 6) is -0.863. The van der Waals surface area contributed by atoms with Crippen molar-refractivity contribution in [1.29, 1.82) is 0 Å². The first kappa shape index (κ1) is 60.9. The summed E-state index contributed by atoms with van der Waals surface area (Å²) in [6.45, 7) is 6.64. The van der Waals surface area contributed by atoms with Crippen molar-refractivity contribution in [3.63, 3.8) is 0 Å². The zero-order chi connectivity index (χ0) is 45.8. The molecule has 0 aromatic heterocycles. The minimum absolute atomic E-state index is 0.0708. The number of carbonyl (C=O) groups is 3. The molecule has 1 unspecified atom stereocenters. The summed E-state index contributed by atoms with van der Waals surface area (Å²) in [4.78, 5) is 38.1. The Balaban J connectivity index is 4.33. The molecule has 0 bridgehead atoms. The molecule has 0 aromatic carbocycles. The summed E-state index contributed by atoms with van der Waals surface area (Å²) in [5, 5.41) is 0. The van der Waals surface area contributed by atoms with Gasteiger partial charge in [-0.1, -0.05) is 263 Å². The molecule has 0 spiro atoms. The topological polar surface area (TPSA) is 78.9 Å². The average molecular weight is 887 g/mol. The molecular formula is C57H106O6. The lowest BCUT2D eigenvalue weighted by Crippen LogP contribution is -2.30. The third kappa shape index (κ3) is 50.7. The highest BCUT2D eigenvalue weighted by atomic mass is 16.6. The average Bonchev–Trinajstić information content (AvgIpc) is 3.28. The second-order valence-corrected chi connectivity index (χ2v) is 18.9. The zero-order valence-corrected chi connectivity index (χ0v) is 42.4. The third-order valence-corrected chi connectivity index (χ3v) is 12.5. The highest BCUT2D eigenvalue weighted by Gasteiger charge is 2.19. The van der Waals surface area contributed by atoms with E-state index in [1.54, 1.807) is 0 Å². The van der Waals surface area contributed by atoms with Gasteiger partial charge in [0.05, 0.1) is 0 Å². The second kappa shape index (κ2) is 52.5. The number of rotatable bonds is 51. The Bertz CT molecular complexity index is 1020. The molecule has 6 heteroatoms. The van der Waals surface area contributed by atoms with E-state index in [9.17, 15) is 14.4 Å². The van der Waals surface area contributed by atoms with E-state index in [-0.39, 0.29) is 31.1 Å². The van der Waals surface area contributed by atoms with Gasteiger partial charge in [-0.15, -0.1) is 0 Å². The molecule has 370 valence electrons. The van der Waals surface area contributed by atoms with Crippen LogP contribution in [0.15, 0.2) is 24.3 Å². The molecule has 0 saturated carbocycles. The van der Waals surface area contributed by atoms with Crippen LogP contribution < -0.4 is 0 Å². The van der Waals surface area contributed by atoms with E-state index in [0.29, 0.717) is 19.3 Å². The summed E-state index contributed by atoms with van der Waals surface area (Å²) < 4.78 is 16.8. The van der Waals surface area contributed by atoms with Gasteiger partial charge >= 0.3 is 17.9 Å². The quantitative estimate of drug-likeness (QED) is 0.0262. The van der Waals surface area contributed by atoms with E-state index in [2.05, 4.69) is 45.1 Å². The van der Waals surface area contributed by atoms with Crippen molar-refractivity contribution in [2.45, 2.75) is 309 Å². The van der Waals surface area contributed by atoms with Gasteiger partial charge in [0.2, 0.25) is 0 Å². The first-order valence-corrected chi connectivity index (χ1v) is 27.9. The molecule has 0 radical (unpaired) electrons. The molecule has 0 aliphatic carbocycles. The summed E-state index contributed by atoms with van der Waals surface area (Å²) >= 11 is 0. The number of carbonyl (C=O) groups excluding carboxylic acids is 3. The van der Waals surface area contributed by atoms with Crippen LogP contribution in [0.4, 0.5) is 0 Å². The summed E-state index contributed by atoms with van der Waals surface area (Å²) in [5.41, 5.74) is 0. The molecule has 0 aliphatic rings. The minimum atomic E-state index is -0.771. The van der Waals surface area contributed by atoms with Crippen molar-refractivity contribution in [2.24, 2.45) is 0 Å². The maximum atomic E-state index is 12.8. The van der Waals surface area contributed by atoms with Crippen molar-refractivity contribution in [2.75, 3.05) is 13.2 Å². The molecule has 63 heavy (non-hydrogen) atoms. The minimum Gasteiger partial charge on any atom is -0.462 e. The van der Waals surface area contributed by atoms with Gasteiger partial charge < -0.3 is 14.2 Å². The summed E-state index contributed by atoms with van der Waals surface area (Å²) in [7, 11) is 0. The maximum absolute atomic E-state index is 12.8. The van der Waals surface area contributed by atoms with Crippen LogP contribution >= 0.6 is 0 Å². The highest BCUT2D eigenvalue weighted by molar-refractivity contribution is 5.71. The second-order valence-electron chi connectivity index (χ2n) is 18.9. The number of hydrogen-bond acceptors (Lipinski definition) is 6. The molecule has 1 atom stereocenters. The van der Waals surface area contributed by atoms with E-state index in [4.69, 9.17) is 14.2 Å². The normalized spacial score (nSPS) is 12.1. The molecule has 0 saturated heterocycles. The van der Waals surface area contributed by atoms with Gasteiger partial charge in [0.15, 0.2) is 6.10 Å². The van der Waals surface area contributed by atoms with Crippen molar-refractivity contribution in [3.05, 3.63) is 24.3 Å². The van der Waals surface area contributed by atoms with Crippen LogP contribution in [0.1, 0.15) is 303 Å². The standard InChI is InChI=1S/C57H106O6/c1-4-7-10-13-16-19-22-25-27-28-30-32-35-38-41-44-47-50-56(59)62-53-54(52-61-55(58)49-46-43-40-37-34-31-24-21-18-15-12-9-6-3)63-57(60)51-48-45-42-39-36-33-29-26-23-20-17-14-11-8-5-2/h17,20,23,26,54H,4-16,18-19,21-22,24-25,27-53H2,1-3H3/b20-17-,26-23-. The summed E-state index contributed by atoms with van der Waals surface area (Å²) in [6, 6.07) is 0. The van der Waals surface area contributed by atoms with Crippen LogP contribution in [0.3, 0.4) is 0 Å². The Morgan fingerprint density at radius 2 is 0.556 bits per heavy atom. The van der Waals surface area contributed by atoms with Crippen LogP contribution in [-0.2, 0) is 28.6 Å².